The van der Waals surface area contributed by atoms with Crippen molar-refractivity contribution in [3.8, 4) is 0 Å². The molecule has 1 fully saturated rings. The Morgan fingerprint density at radius 3 is 2.50 bits per heavy atom. The van der Waals surface area contributed by atoms with Crippen LogP contribution in [0.3, 0.4) is 0 Å². The topological polar surface area (TPSA) is 98.6 Å². The first kappa shape index (κ1) is 14.2. The summed E-state index contributed by atoms with van der Waals surface area (Å²) in [5, 5.41) is 0. The van der Waals surface area contributed by atoms with E-state index >= 15 is 0 Å². The molecule has 0 unspecified atom stereocenters. The third-order valence-corrected chi connectivity index (χ3v) is 3.70. The Kier molecular flexibility index (Phi) is 4.12. The molecule has 6 nitrogen and oxygen atoms in total. The first-order valence-electron chi connectivity index (χ1n) is 6.55. The van der Waals surface area contributed by atoms with Crippen LogP contribution >= 0.6 is 0 Å². The van der Waals surface area contributed by atoms with Crippen LogP contribution < -0.4 is 16.4 Å². The number of nitrogens with zero attached hydrogens (tertiary/aromatic N) is 1. The SMILES string of the molecule is COC(=O)c1cc(N2CCC(C(N)=O)CC2)ccc1N. The molecule has 1 aliphatic rings. The predicted octanol–water partition coefficient (Wildman–Crippen LogP) is 0.757. The Hall–Kier alpha value is -2.24. The summed E-state index contributed by atoms with van der Waals surface area (Å²) in [5.74, 6) is -0.742. The summed E-state index contributed by atoms with van der Waals surface area (Å²) in [5.41, 5.74) is 12.8. The van der Waals surface area contributed by atoms with Gasteiger partial charge in [0.2, 0.25) is 5.91 Å². The first-order chi connectivity index (χ1) is 9.52. The van der Waals surface area contributed by atoms with Crippen LogP contribution in [0.25, 0.3) is 0 Å². The standard InChI is InChI=1S/C14H19N3O3/c1-20-14(19)11-8-10(2-3-12(11)15)17-6-4-9(5-7-17)13(16)18/h2-3,8-9H,4-7,15H2,1H3,(H2,16,18). The van der Waals surface area contributed by atoms with Crippen LogP contribution in [-0.2, 0) is 9.53 Å². The van der Waals surface area contributed by atoms with Gasteiger partial charge in [-0.15, -0.1) is 0 Å². The van der Waals surface area contributed by atoms with Gasteiger partial charge >= 0.3 is 5.97 Å². The summed E-state index contributed by atoms with van der Waals surface area (Å²) in [6.45, 7) is 1.47. The largest absolute Gasteiger partial charge is 0.465 e. The summed E-state index contributed by atoms with van der Waals surface area (Å²) in [6, 6.07) is 5.29. The number of primary amides is 1. The van der Waals surface area contributed by atoms with Gasteiger partial charge in [-0.25, -0.2) is 4.79 Å². The zero-order valence-electron chi connectivity index (χ0n) is 11.5. The van der Waals surface area contributed by atoms with Gasteiger partial charge in [-0.05, 0) is 31.0 Å². The molecule has 1 aliphatic heterocycles. The first-order valence-corrected chi connectivity index (χ1v) is 6.55. The van der Waals surface area contributed by atoms with E-state index in [1.807, 2.05) is 6.07 Å². The van der Waals surface area contributed by atoms with E-state index in [9.17, 15) is 9.59 Å². The highest BCUT2D eigenvalue weighted by molar-refractivity contribution is 5.96. The van der Waals surface area contributed by atoms with E-state index < -0.39 is 5.97 Å². The van der Waals surface area contributed by atoms with Gasteiger partial charge in [0.1, 0.15) is 0 Å². The third kappa shape index (κ3) is 2.84. The molecular formula is C14H19N3O3. The van der Waals surface area contributed by atoms with Crippen molar-refractivity contribution in [2.24, 2.45) is 11.7 Å². The summed E-state index contributed by atoms with van der Waals surface area (Å²) in [7, 11) is 1.33. The number of ether oxygens (including phenoxy) is 1. The number of rotatable bonds is 3. The fourth-order valence-corrected chi connectivity index (χ4v) is 2.45. The van der Waals surface area contributed by atoms with Crippen molar-refractivity contribution in [3.63, 3.8) is 0 Å². The second-order valence-corrected chi connectivity index (χ2v) is 4.93. The Balaban J connectivity index is 2.14. The van der Waals surface area contributed by atoms with E-state index in [1.54, 1.807) is 12.1 Å². The maximum atomic E-state index is 11.6. The molecule has 0 bridgehead atoms. The lowest BCUT2D eigenvalue weighted by Crippen LogP contribution is -2.38. The Labute approximate surface area is 117 Å². The van der Waals surface area contributed by atoms with Gasteiger partial charge in [0.25, 0.3) is 0 Å². The minimum Gasteiger partial charge on any atom is -0.465 e. The zero-order chi connectivity index (χ0) is 14.7. The molecule has 1 aromatic carbocycles. The molecule has 1 heterocycles. The minimum absolute atomic E-state index is 0.0555. The number of hydrogen-bond donors (Lipinski definition) is 2. The van der Waals surface area contributed by atoms with Crippen LogP contribution in [0, 0.1) is 5.92 Å². The van der Waals surface area contributed by atoms with Crippen LogP contribution in [0.1, 0.15) is 23.2 Å². The van der Waals surface area contributed by atoms with Gasteiger partial charge in [-0.3, -0.25) is 4.79 Å². The number of nitrogen functional groups attached to an aromatic ring is 1. The second kappa shape index (κ2) is 5.81. The van der Waals surface area contributed by atoms with Gasteiger partial charge in [0.15, 0.2) is 0 Å². The molecule has 1 aromatic rings. The summed E-state index contributed by atoms with van der Waals surface area (Å²) in [4.78, 5) is 24.9. The number of benzene rings is 1. The lowest BCUT2D eigenvalue weighted by Gasteiger charge is -2.32. The van der Waals surface area contributed by atoms with E-state index in [0.29, 0.717) is 11.3 Å². The maximum absolute atomic E-state index is 11.6. The number of hydrogen-bond acceptors (Lipinski definition) is 5. The number of amides is 1. The molecule has 0 spiro atoms. The highest BCUT2D eigenvalue weighted by Gasteiger charge is 2.24. The van der Waals surface area contributed by atoms with Crippen LogP contribution in [0.15, 0.2) is 18.2 Å². The molecular weight excluding hydrogens is 258 g/mol. The minimum atomic E-state index is -0.448. The summed E-state index contributed by atoms with van der Waals surface area (Å²) < 4.78 is 4.71. The van der Waals surface area contributed by atoms with Crippen LogP contribution in [0.2, 0.25) is 0 Å². The molecule has 2 rings (SSSR count). The Bertz CT molecular complexity index is 522. The Morgan fingerprint density at radius 2 is 1.95 bits per heavy atom. The van der Waals surface area contributed by atoms with Gasteiger partial charge in [0, 0.05) is 30.4 Å². The average molecular weight is 277 g/mol. The molecule has 20 heavy (non-hydrogen) atoms. The fraction of sp³-hybridized carbons (Fsp3) is 0.429. The van der Waals surface area contributed by atoms with Gasteiger partial charge in [-0.1, -0.05) is 0 Å². The molecule has 6 heteroatoms. The van der Waals surface area contributed by atoms with Crippen molar-refractivity contribution in [1.82, 2.24) is 0 Å². The number of carbonyl (C=O) groups excluding carboxylic acids is 2. The normalized spacial score (nSPS) is 15.9. The van der Waals surface area contributed by atoms with Crippen LogP contribution in [0.5, 0.6) is 0 Å². The number of carbonyl (C=O) groups is 2. The monoisotopic (exact) mass is 277 g/mol. The molecule has 4 N–H and O–H groups in total. The second-order valence-electron chi connectivity index (χ2n) is 4.93. The van der Waals surface area contributed by atoms with Crippen LogP contribution in [0.4, 0.5) is 11.4 Å². The summed E-state index contributed by atoms with van der Waals surface area (Å²) >= 11 is 0. The molecule has 1 saturated heterocycles. The van der Waals surface area contributed by atoms with Gasteiger partial charge in [0.05, 0.1) is 12.7 Å². The zero-order valence-corrected chi connectivity index (χ0v) is 11.5. The quantitative estimate of drug-likeness (QED) is 0.627. The number of anilines is 2. The molecule has 108 valence electrons. The van der Waals surface area contributed by atoms with Crippen molar-refractivity contribution in [1.29, 1.82) is 0 Å². The molecule has 0 aliphatic carbocycles. The molecule has 0 aromatic heterocycles. The predicted molar refractivity (Wildman–Crippen MR) is 76.3 cm³/mol. The van der Waals surface area contributed by atoms with Crippen molar-refractivity contribution in [3.05, 3.63) is 23.8 Å². The van der Waals surface area contributed by atoms with E-state index in [0.717, 1.165) is 31.6 Å². The highest BCUT2D eigenvalue weighted by Crippen LogP contribution is 2.26. The molecule has 0 radical (unpaired) electrons. The fourth-order valence-electron chi connectivity index (χ4n) is 2.45. The molecule has 0 saturated carbocycles. The number of piperidine rings is 1. The van der Waals surface area contributed by atoms with E-state index in [4.69, 9.17) is 16.2 Å². The average Bonchev–Trinajstić information content (AvgIpc) is 2.47. The molecule has 1 amide bonds. The maximum Gasteiger partial charge on any atom is 0.340 e. The van der Waals surface area contributed by atoms with E-state index in [1.165, 1.54) is 7.11 Å². The highest BCUT2D eigenvalue weighted by atomic mass is 16.5. The van der Waals surface area contributed by atoms with Crippen molar-refractivity contribution in [2.75, 3.05) is 30.8 Å². The lowest BCUT2D eigenvalue weighted by atomic mass is 9.96. The van der Waals surface area contributed by atoms with Crippen molar-refractivity contribution >= 4 is 23.3 Å². The molecule has 0 atom stereocenters. The van der Waals surface area contributed by atoms with Gasteiger partial charge < -0.3 is 21.1 Å². The van der Waals surface area contributed by atoms with E-state index in [-0.39, 0.29) is 11.8 Å². The van der Waals surface area contributed by atoms with Gasteiger partial charge in [-0.2, -0.15) is 0 Å². The van der Waals surface area contributed by atoms with Crippen LogP contribution in [-0.4, -0.2) is 32.1 Å². The Morgan fingerprint density at radius 1 is 1.30 bits per heavy atom. The number of methoxy groups -OCH3 is 1. The third-order valence-electron chi connectivity index (χ3n) is 3.70. The number of esters is 1. The van der Waals surface area contributed by atoms with Crippen molar-refractivity contribution in [2.45, 2.75) is 12.8 Å². The van der Waals surface area contributed by atoms with E-state index in [2.05, 4.69) is 4.90 Å². The van der Waals surface area contributed by atoms with Crippen molar-refractivity contribution < 1.29 is 14.3 Å². The smallest absolute Gasteiger partial charge is 0.340 e. The lowest BCUT2D eigenvalue weighted by molar-refractivity contribution is -0.122. The number of nitrogens with two attached hydrogens (primary N) is 2. The summed E-state index contributed by atoms with van der Waals surface area (Å²) in [6.07, 6.45) is 1.46.